The smallest absolute Gasteiger partial charge is 0.253 e. The first-order valence-electron chi connectivity index (χ1n) is 6.69. The van der Waals surface area contributed by atoms with E-state index in [2.05, 4.69) is 15.9 Å². The molecule has 1 fully saturated rings. The molecule has 0 aliphatic carbocycles. The van der Waals surface area contributed by atoms with Gasteiger partial charge in [-0.05, 0) is 18.6 Å². The van der Waals surface area contributed by atoms with Crippen LogP contribution in [0, 0.1) is 5.82 Å². The van der Waals surface area contributed by atoms with Crippen molar-refractivity contribution in [2.75, 3.05) is 37.3 Å². The summed E-state index contributed by atoms with van der Waals surface area (Å²) in [5.41, 5.74) is 5.49. The second kappa shape index (κ2) is 6.51. The van der Waals surface area contributed by atoms with Crippen LogP contribution in [0.2, 0.25) is 0 Å². The highest BCUT2D eigenvalue weighted by molar-refractivity contribution is 9.10. The second-order valence-corrected chi connectivity index (χ2v) is 8.05. The molecule has 0 atom stereocenters. The normalized spacial score (nSPS) is 17.3. The third-order valence-electron chi connectivity index (χ3n) is 3.55. The summed E-state index contributed by atoms with van der Waals surface area (Å²) in [7, 11) is -3.27. The van der Waals surface area contributed by atoms with Crippen molar-refractivity contribution in [3.8, 4) is 0 Å². The monoisotopic (exact) mass is 393 g/mol. The molecule has 1 saturated heterocycles. The van der Waals surface area contributed by atoms with Crippen molar-refractivity contribution in [3.05, 3.63) is 28.0 Å². The van der Waals surface area contributed by atoms with Gasteiger partial charge in [0, 0.05) is 30.7 Å². The average molecular weight is 394 g/mol. The molecule has 0 unspecified atom stereocenters. The van der Waals surface area contributed by atoms with Gasteiger partial charge in [0.15, 0.2) is 0 Å². The van der Waals surface area contributed by atoms with Crippen molar-refractivity contribution in [1.29, 1.82) is 0 Å². The summed E-state index contributed by atoms with van der Waals surface area (Å²) in [5.74, 6) is -1.54. The van der Waals surface area contributed by atoms with E-state index in [1.54, 1.807) is 11.0 Å². The molecule has 1 aliphatic rings. The Morgan fingerprint density at radius 1 is 1.27 bits per heavy atom. The van der Waals surface area contributed by atoms with Crippen molar-refractivity contribution in [1.82, 2.24) is 4.31 Å². The molecule has 1 aromatic carbocycles. The van der Waals surface area contributed by atoms with Crippen LogP contribution in [-0.2, 0) is 10.0 Å². The number of sulfonamides is 1. The van der Waals surface area contributed by atoms with E-state index in [1.807, 2.05) is 0 Å². The number of amides is 1. The molecule has 0 aromatic heterocycles. The first kappa shape index (κ1) is 17.2. The topological polar surface area (TPSA) is 83.7 Å². The summed E-state index contributed by atoms with van der Waals surface area (Å²) in [4.78, 5) is 13.3. The fourth-order valence-corrected chi connectivity index (χ4v) is 3.81. The molecule has 1 heterocycles. The molecule has 22 heavy (non-hydrogen) atoms. The van der Waals surface area contributed by atoms with Gasteiger partial charge in [-0.25, -0.2) is 17.1 Å². The van der Waals surface area contributed by atoms with Crippen molar-refractivity contribution in [3.63, 3.8) is 0 Å². The molecule has 0 spiro atoms. The third kappa shape index (κ3) is 3.76. The zero-order valence-corrected chi connectivity index (χ0v) is 14.5. The van der Waals surface area contributed by atoms with Crippen LogP contribution < -0.4 is 10.6 Å². The number of carbonyl (C=O) groups excluding carboxylic acids is 1. The number of nitrogens with two attached hydrogens (primary N) is 1. The summed E-state index contributed by atoms with van der Waals surface area (Å²) in [6.07, 6.45) is 1.75. The summed E-state index contributed by atoms with van der Waals surface area (Å²) in [6.45, 7) is 1.56. The number of hydrogen-bond donors (Lipinski definition) is 1. The summed E-state index contributed by atoms with van der Waals surface area (Å²) < 4.78 is 39.2. The lowest BCUT2D eigenvalue weighted by Gasteiger charge is -2.25. The maximum absolute atomic E-state index is 14.0. The van der Waals surface area contributed by atoms with Crippen LogP contribution in [0.25, 0.3) is 0 Å². The van der Waals surface area contributed by atoms with Gasteiger partial charge in [-0.2, -0.15) is 0 Å². The van der Waals surface area contributed by atoms with Crippen LogP contribution in [0.15, 0.2) is 16.6 Å². The molecule has 1 aromatic rings. The SMILES string of the molecule is CS(=O)(=O)N1CCCN(c2cc(Br)cc(F)c2C(N)=O)CC1. The zero-order valence-electron chi connectivity index (χ0n) is 12.1. The molecular weight excluding hydrogens is 377 g/mol. The minimum absolute atomic E-state index is 0.170. The molecule has 6 nitrogen and oxygen atoms in total. The van der Waals surface area contributed by atoms with Crippen molar-refractivity contribution in [2.24, 2.45) is 5.73 Å². The van der Waals surface area contributed by atoms with Crippen LogP contribution in [0.5, 0.6) is 0 Å². The van der Waals surface area contributed by atoms with Crippen molar-refractivity contribution in [2.45, 2.75) is 6.42 Å². The lowest BCUT2D eigenvalue weighted by molar-refractivity contribution is 0.0997. The highest BCUT2D eigenvalue weighted by Gasteiger charge is 2.25. The largest absolute Gasteiger partial charge is 0.369 e. The maximum Gasteiger partial charge on any atom is 0.253 e. The Hall–Kier alpha value is -1.19. The van der Waals surface area contributed by atoms with E-state index in [1.165, 1.54) is 10.4 Å². The first-order valence-corrected chi connectivity index (χ1v) is 9.33. The van der Waals surface area contributed by atoms with Gasteiger partial charge in [-0.15, -0.1) is 0 Å². The van der Waals surface area contributed by atoms with Gasteiger partial charge in [-0.3, -0.25) is 4.79 Å². The standard InChI is InChI=1S/C13H17BrFN3O3S/c1-22(20,21)18-4-2-3-17(5-6-18)11-8-9(14)7-10(15)12(11)13(16)19/h7-8H,2-6H2,1H3,(H2,16,19). The van der Waals surface area contributed by atoms with Gasteiger partial charge in [-0.1, -0.05) is 15.9 Å². The number of halogens is 2. The van der Waals surface area contributed by atoms with E-state index >= 15 is 0 Å². The summed E-state index contributed by atoms with van der Waals surface area (Å²) in [6, 6.07) is 2.81. The lowest BCUT2D eigenvalue weighted by Crippen LogP contribution is -2.35. The number of primary amides is 1. The Morgan fingerprint density at radius 2 is 1.95 bits per heavy atom. The predicted molar refractivity (Wildman–Crippen MR) is 85.9 cm³/mol. The van der Waals surface area contributed by atoms with Crippen molar-refractivity contribution >= 4 is 37.5 Å². The van der Waals surface area contributed by atoms with Gasteiger partial charge < -0.3 is 10.6 Å². The Morgan fingerprint density at radius 3 is 2.55 bits per heavy atom. The van der Waals surface area contributed by atoms with Crippen LogP contribution >= 0.6 is 15.9 Å². The maximum atomic E-state index is 14.0. The van der Waals surface area contributed by atoms with E-state index in [-0.39, 0.29) is 12.1 Å². The molecule has 0 radical (unpaired) electrons. The first-order chi connectivity index (χ1) is 10.2. The van der Waals surface area contributed by atoms with Crippen LogP contribution in [-0.4, -0.2) is 51.1 Å². The molecule has 122 valence electrons. The minimum atomic E-state index is -3.27. The van der Waals surface area contributed by atoms with Gasteiger partial charge in [0.25, 0.3) is 5.91 Å². The number of rotatable bonds is 3. The number of anilines is 1. The molecular formula is C13H17BrFN3O3S. The summed E-state index contributed by atoms with van der Waals surface area (Å²) in [5, 5.41) is 0. The highest BCUT2D eigenvalue weighted by atomic mass is 79.9. The molecule has 9 heteroatoms. The Bertz CT molecular complexity index is 696. The van der Waals surface area contributed by atoms with E-state index in [0.717, 1.165) is 6.26 Å². The number of carbonyl (C=O) groups is 1. The van der Waals surface area contributed by atoms with Crippen molar-refractivity contribution < 1.29 is 17.6 Å². The van der Waals surface area contributed by atoms with Gasteiger partial charge in [0.05, 0.1) is 17.5 Å². The van der Waals surface area contributed by atoms with Crippen LogP contribution in [0.1, 0.15) is 16.8 Å². The number of benzene rings is 1. The third-order valence-corrected chi connectivity index (χ3v) is 5.31. The average Bonchev–Trinajstić information content (AvgIpc) is 2.62. The Balaban J connectivity index is 2.35. The fourth-order valence-electron chi connectivity index (χ4n) is 2.52. The summed E-state index contributed by atoms with van der Waals surface area (Å²) >= 11 is 3.20. The van der Waals surface area contributed by atoms with E-state index in [4.69, 9.17) is 5.73 Å². The highest BCUT2D eigenvalue weighted by Crippen LogP contribution is 2.28. The van der Waals surface area contributed by atoms with Gasteiger partial charge in [0.1, 0.15) is 5.82 Å². The molecule has 0 bridgehead atoms. The lowest BCUT2D eigenvalue weighted by atomic mass is 10.1. The Labute approximate surface area is 137 Å². The second-order valence-electron chi connectivity index (χ2n) is 5.15. The molecule has 2 N–H and O–H groups in total. The number of hydrogen-bond acceptors (Lipinski definition) is 4. The van der Waals surface area contributed by atoms with E-state index < -0.39 is 21.7 Å². The van der Waals surface area contributed by atoms with Gasteiger partial charge >= 0.3 is 0 Å². The zero-order chi connectivity index (χ0) is 16.5. The van der Waals surface area contributed by atoms with E-state index in [0.29, 0.717) is 36.2 Å². The predicted octanol–water partition coefficient (Wildman–Crippen LogP) is 1.16. The van der Waals surface area contributed by atoms with Crippen LogP contribution in [0.3, 0.4) is 0 Å². The quantitative estimate of drug-likeness (QED) is 0.834. The molecule has 0 saturated carbocycles. The molecule has 2 rings (SSSR count). The van der Waals surface area contributed by atoms with Crippen LogP contribution in [0.4, 0.5) is 10.1 Å². The molecule has 1 aliphatic heterocycles. The van der Waals surface area contributed by atoms with Gasteiger partial charge in [0.2, 0.25) is 10.0 Å². The number of nitrogens with zero attached hydrogens (tertiary/aromatic N) is 2. The fraction of sp³-hybridized carbons (Fsp3) is 0.462. The molecule has 1 amide bonds. The Kier molecular flexibility index (Phi) is 5.08. The minimum Gasteiger partial charge on any atom is -0.369 e. The van der Waals surface area contributed by atoms with E-state index in [9.17, 15) is 17.6 Å².